The summed E-state index contributed by atoms with van der Waals surface area (Å²) in [6.07, 6.45) is 0. The van der Waals surface area contributed by atoms with Crippen molar-refractivity contribution in [2.45, 2.75) is 6.92 Å². The predicted octanol–water partition coefficient (Wildman–Crippen LogP) is 1.77. The molecule has 7 nitrogen and oxygen atoms in total. The number of nitrogens with zero attached hydrogens (tertiary/aromatic N) is 2. The lowest BCUT2D eigenvalue weighted by atomic mass is 10.2. The number of carbonyl (C=O) groups is 1. The SMILES string of the molecule is COCC(C)=NOC(=O)c1ccc([N+](=O)[O-])cc1. The smallest absolute Gasteiger partial charge is 0.365 e. The van der Waals surface area contributed by atoms with Crippen LogP contribution in [0.2, 0.25) is 0 Å². The van der Waals surface area contributed by atoms with Crippen LogP contribution in [0.3, 0.4) is 0 Å². The molecule has 0 atom stereocenters. The number of nitro benzene ring substituents is 1. The molecule has 0 saturated carbocycles. The number of nitro groups is 1. The lowest BCUT2D eigenvalue weighted by Gasteiger charge is -2.00. The van der Waals surface area contributed by atoms with Crippen LogP contribution in [0.4, 0.5) is 5.69 Å². The fourth-order valence-electron chi connectivity index (χ4n) is 1.13. The molecule has 96 valence electrons. The quantitative estimate of drug-likeness (QED) is 0.344. The van der Waals surface area contributed by atoms with Crippen LogP contribution in [0.25, 0.3) is 0 Å². The first-order valence-electron chi connectivity index (χ1n) is 5.03. The molecule has 0 aliphatic rings. The van der Waals surface area contributed by atoms with Crippen LogP contribution in [0, 0.1) is 10.1 Å². The minimum Gasteiger partial charge on any atom is -0.379 e. The van der Waals surface area contributed by atoms with Gasteiger partial charge in [0.05, 0.1) is 22.8 Å². The molecule has 0 aliphatic carbocycles. The Hall–Kier alpha value is -2.28. The molecule has 7 heteroatoms. The van der Waals surface area contributed by atoms with E-state index in [9.17, 15) is 14.9 Å². The predicted molar refractivity (Wildman–Crippen MR) is 63.5 cm³/mol. The zero-order chi connectivity index (χ0) is 13.5. The molecule has 0 heterocycles. The zero-order valence-corrected chi connectivity index (χ0v) is 9.95. The number of methoxy groups -OCH3 is 1. The van der Waals surface area contributed by atoms with Gasteiger partial charge in [-0.15, -0.1) is 0 Å². The molecular weight excluding hydrogens is 240 g/mol. The molecule has 0 unspecified atom stereocenters. The third-order valence-corrected chi connectivity index (χ3v) is 1.95. The highest BCUT2D eigenvalue weighted by atomic mass is 16.7. The van der Waals surface area contributed by atoms with E-state index >= 15 is 0 Å². The maximum Gasteiger partial charge on any atom is 0.365 e. The van der Waals surface area contributed by atoms with Crippen molar-refractivity contribution >= 4 is 17.4 Å². The summed E-state index contributed by atoms with van der Waals surface area (Å²) in [7, 11) is 1.50. The highest BCUT2D eigenvalue weighted by Crippen LogP contribution is 2.12. The maximum atomic E-state index is 11.5. The highest BCUT2D eigenvalue weighted by Gasteiger charge is 2.10. The van der Waals surface area contributed by atoms with Gasteiger partial charge in [-0.2, -0.15) is 0 Å². The van der Waals surface area contributed by atoms with Gasteiger partial charge in [-0.1, -0.05) is 5.16 Å². The summed E-state index contributed by atoms with van der Waals surface area (Å²) in [5, 5.41) is 14.0. The first-order valence-corrected chi connectivity index (χ1v) is 5.03. The van der Waals surface area contributed by atoms with Gasteiger partial charge in [0.2, 0.25) is 0 Å². The first kappa shape index (κ1) is 13.8. The fourth-order valence-corrected chi connectivity index (χ4v) is 1.13. The van der Waals surface area contributed by atoms with E-state index in [1.165, 1.54) is 31.4 Å². The standard InChI is InChI=1S/C11H12N2O5/c1-8(7-17-2)12-18-11(14)9-3-5-10(6-4-9)13(15)16/h3-6H,7H2,1-2H3. The van der Waals surface area contributed by atoms with Gasteiger partial charge in [0.25, 0.3) is 5.69 Å². The largest absolute Gasteiger partial charge is 0.379 e. The number of benzene rings is 1. The van der Waals surface area contributed by atoms with Crippen LogP contribution in [0.5, 0.6) is 0 Å². The van der Waals surface area contributed by atoms with Gasteiger partial charge in [0.1, 0.15) is 0 Å². The van der Waals surface area contributed by atoms with E-state index in [0.29, 0.717) is 5.71 Å². The third kappa shape index (κ3) is 3.95. The maximum absolute atomic E-state index is 11.5. The molecule has 0 N–H and O–H groups in total. The summed E-state index contributed by atoms with van der Waals surface area (Å²) in [6.45, 7) is 1.90. The van der Waals surface area contributed by atoms with Crippen molar-refractivity contribution in [1.82, 2.24) is 0 Å². The molecule has 0 saturated heterocycles. The van der Waals surface area contributed by atoms with Crippen LogP contribution in [0.15, 0.2) is 29.4 Å². The fraction of sp³-hybridized carbons (Fsp3) is 0.273. The van der Waals surface area contributed by atoms with Gasteiger partial charge >= 0.3 is 5.97 Å². The number of ether oxygens (including phenoxy) is 1. The Bertz CT molecular complexity index is 467. The van der Waals surface area contributed by atoms with E-state index in [0.717, 1.165) is 0 Å². The molecule has 0 radical (unpaired) electrons. The molecule has 0 spiro atoms. The Morgan fingerprint density at radius 2 is 2.00 bits per heavy atom. The van der Waals surface area contributed by atoms with Crippen molar-refractivity contribution in [3.63, 3.8) is 0 Å². The monoisotopic (exact) mass is 252 g/mol. The second-order valence-electron chi connectivity index (χ2n) is 3.44. The molecule has 1 aromatic rings. The average molecular weight is 252 g/mol. The topological polar surface area (TPSA) is 91.0 Å². The zero-order valence-electron chi connectivity index (χ0n) is 9.95. The number of oxime groups is 1. The van der Waals surface area contributed by atoms with E-state index in [4.69, 9.17) is 4.74 Å². The third-order valence-electron chi connectivity index (χ3n) is 1.95. The summed E-state index contributed by atoms with van der Waals surface area (Å²) >= 11 is 0. The van der Waals surface area contributed by atoms with Crippen LogP contribution < -0.4 is 0 Å². The molecular formula is C11H12N2O5. The van der Waals surface area contributed by atoms with Crippen molar-refractivity contribution < 1.29 is 19.3 Å². The van der Waals surface area contributed by atoms with Crippen LogP contribution >= 0.6 is 0 Å². The van der Waals surface area contributed by atoms with Gasteiger partial charge in [-0.25, -0.2) is 4.79 Å². The van der Waals surface area contributed by atoms with Crippen molar-refractivity contribution in [2.75, 3.05) is 13.7 Å². The molecule has 18 heavy (non-hydrogen) atoms. The number of hydrogen-bond acceptors (Lipinski definition) is 6. The van der Waals surface area contributed by atoms with Crippen LogP contribution in [0.1, 0.15) is 17.3 Å². The average Bonchev–Trinajstić information content (AvgIpc) is 2.36. The van der Waals surface area contributed by atoms with Crippen LogP contribution in [-0.2, 0) is 9.57 Å². The number of carbonyl (C=O) groups excluding carboxylic acids is 1. The number of non-ortho nitro benzene ring substituents is 1. The van der Waals surface area contributed by atoms with Crippen molar-refractivity contribution in [3.8, 4) is 0 Å². The number of hydrogen-bond donors (Lipinski definition) is 0. The van der Waals surface area contributed by atoms with E-state index in [1.54, 1.807) is 6.92 Å². The summed E-state index contributed by atoms with van der Waals surface area (Å²) in [5.41, 5.74) is 0.605. The lowest BCUT2D eigenvalue weighted by Crippen LogP contribution is -2.06. The van der Waals surface area contributed by atoms with Crippen molar-refractivity contribution in [2.24, 2.45) is 5.16 Å². The summed E-state index contributed by atoms with van der Waals surface area (Å²) in [6, 6.07) is 5.06. The molecule has 0 aliphatic heterocycles. The Labute approximate surface area is 103 Å². The minimum absolute atomic E-state index is 0.0920. The van der Waals surface area contributed by atoms with Gasteiger partial charge in [0, 0.05) is 19.2 Å². The molecule has 0 bridgehead atoms. The second kappa shape index (κ2) is 6.45. The molecule has 0 aromatic heterocycles. The van der Waals surface area contributed by atoms with E-state index in [1.807, 2.05) is 0 Å². The Morgan fingerprint density at radius 3 is 2.50 bits per heavy atom. The minimum atomic E-state index is -0.680. The molecule has 0 fully saturated rings. The highest BCUT2D eigenvalue weighted by molar-refractivity contribution is 5.90. The van der Waals surface area contributed by atoms with E-state index in [2.05, 4.69) is 9.99 Å². The van der Waals surface area contributed by atoms with Crippen molar-refractivity contribution in [3.05, 3.63) is 39.9 Å². The van der Waals surface area contributed by atoms with Gasteiger partial charge in [-0.3, -0.25) is 10.1 Å². The van der Waals surface area contributed by atoms with Crippen molar-refractivity contribution in [1.29, 1.82) is 0 Å². The van der Waals surface area contributed by atoms with Crippen LogP contribution in [-0.4, -0.2) is 30.3 Å². The Balaban J connectivity index is 2.67. The molecule has 0 amide bonds. The normalized spacial score (nSPS) is 11.1. The van der Waals surface area contributed by atoms with Gasteiger partial charge in [0.15, 0.2) is 0 Å². The lowest BCUT2D eigenvalue weighted by molar-refractivity contribution is -0.384. The summed E-state index contributed by atoms with van der Waals surface area (Å²) < 4.78 is 4.79. The molecule has 1 aromatic carbocycles. The van der Waals surface area contributed by atoms with E-state index in [-0.39, 0.29) is 17.9 Å². The van der Waals surface area contributed by atoms with Gasteiger partial charge in [-0.05, 0) is 19.1 Å². The van der Waals surface area contributed by atoms with Gasteiger partial charge < -0.3 is 9.57 Å². The Kier molecular flexibility index (Phi) is 4.94. The molecule has 1 rings (SSSR count). The summed E-state index contributed by atoms with van der Waals surface area (Å²) in [4.78, 5) is 26.0. The summed E-state index contributed by atoms with van der Waals surface area (Å²) in [5.74, 6) is -0.680. The number of rotatable bonds is 5. The first-order chi connectivity index (χ1) is 8.54. The van der Waals surface area contributed by atoms with E-state index < -0.39 is 10.9 Å². The second-order valence-corrected chi connectivity index (χ2v) is 3.44. The Morgan fingerprint density at radius 1 is 1.39 bits per heavy atom.